The van der Waals surface area contributed by atoms with E-state index in [2.05, 4.69) is 41.8 Å². The van der Waals surface area contributed by atoms with E-state index in [1.165, 1.54) is 0 Å². The summed E-state index contributed by atoms with van der Waals surface area (Å²) in [6, 6.07) is 13.9. The monoisotopic (exact) mass is 317 g/mol. The van der Waals surface area contributed by atoms with Gasteiger partial charge in [-0.2, -0.15) is 0 Å². The molecule has 0 aliphatic rings. The van der Waals surface area contributed by atoms with Crippen LogP contribution in [-0.2, 0) is 0 Å². The van der Waals surface area contributed by atoms with E-state index < -0.39 is 0 Å². The summed E-state index contributed by atoms with van der Waals surface area (Å²) < 4.78 is 5.55. The van der Waals surface area contributed by atoms with Gasteiger partial charge >= 0.3 is 0 Å². The minimum Gasteiger partial charge on any atom is -0.467 e. The van der Waals surface area contributed by atoms with E-state index in [-0.39, 0.29) is 6.04 Å². The summed E-state index contributed by atoms with van der Waals surface area (Å²) in [5, 5.41) is 7.23. The molecular formula is C17H23N3OS. The first-order chi connectivity index (χ1) is 10.7. The number of hydrogen-bond acceptors (Lipinski definition) is 3. The zero-order valence-electron chi connectivity index (χ0n) is 13.1. The molecular weight excluding hydrogens is 294 g/mol. The molecule has 1 heterocycles. The highest BCUT2D eigenvalue weighted by molar-refractivity contribution is 7.80. The molecule has 1 aromatic carbocycles. The Labute approximate surface area is 137 Å². The Hall–Kier alpha value is -1.85. The zero-order chi connectivity index (χ0) is 15.8. The first-order valence-electron chi connectivity index (χ1n) is 7.44. The van der Waals surface area contributed by atoms with Crippen molar-refractivity contribution in [3.05, 3.63) is 60.1 Å². The SMILES string of the molecule is CN(C)CCCNC(=S)N[C@H](c1ccccc1)c1ccco1. The van der Waals surface area contributed by atoms with E-state index in [0.717, 1.165) is 30.8 Å². The number of nitrogens with one attached hydrogen (secondary N) is 2. The number of furan rings is 1. The minimum atomic E-state index is -0.0787. The second-order valence-electron chi connectivity index (χ2n) is 5.42. The second kappa shape index (κ2) is 8.56. The fourth-order valence-corrected chi connectivity index (χ4v) is 2.42. The van der Waals surface area contributed by atoms with Gasteiger partial charge < -0.3 is 20.0 Å². The highest BCUT2D eigenvalue weighted by Gasteiger charge is 2.17. The van der Waals surface area contributed by atoms with E-state index in [1.54, 1.807) is 6.26 Å². The molecule has 2 rings (SSSR count). The quantitative estimate of drug-likeness (QED) is 0.607. The van der Waals surface area contributed by atoms with Crippen LogP contribution in [0.4, 0.5) is 0 Å². The zero-order valence-corrected chi connectivity index (χ0v) is 13.9. The summed E-state index contributed by atoms with van der Waals surface area (Å²) in [7, 11) is 4.14. The van der Waals surface area contributed by atoms with Crippen molar-refractivity contribution in [3.63, 3.8) is 0 Å². The molecule has 0 unspecified atom stereocenters. The molecule has 5 heteroatoms. The average Bonchev–Trinajstić information content (AvgIpc) is 3.04. The van der Waals surface area contributed by atoms with Crippen molar-refractivity contribution < 1.29 is 4.42 Å². The van der Waals surface area contributed by atoms with Crippen LogP contribution in [0.25, 0.3) is 0 Å². The van der Waals surface area contributed by atoms with Crippen LogP contribution < -0.4 is 10.6 Å². The molecule has 0 fully saturated rings. The maximum atomic E-state index is 5.55. The van der Waals surface area contributed by atoms with Crippen molar-refractivity contribution in [2.45, 2.75) is 12.5 Å². The fourth-order valence-electron chi connectivity index (χ4n) is 2.20. The van der Waals surface area contributed by atoms with Gasteiger partial charge in [0.15, 0.2) is 5.11 Å². The molecule has 0 aliphatic carbocycles. The number of thiocarbonyl (C=S) groups is 1. The van der Waals surface area contributed by atoms with Gasteiger partial charge in [-0.3, -0.25) is 0 Å². The molecule has 1 atom stereocenters. The number of nitrogens with zero attached hydrogens (tertiary/aromatic N) is 1. The number of hydrogen-bond donors (Lipinski definition) is 2. The normalized spacial score (nSPS) is 12.1. The Bertz CT molecular complexity index is 555. The molecule has 0 amide bonds. The average molecular weight is 317 g/mol. The van der Waals surface area contributed by atoms with Gasteiger partial charge in [-0.25, -0.2) is 0 Å². The van der Waals surface area contributed by atoms with Gasteiger partial charge in [0.2, 0.25) is 0 Å². The largest absolute Gasteiger partial charge is 0.467 e. The summed E-state index contributed by atoms with van der Waals surface area (Å²) in [5.41, 5.74) is 1.12. The lowest BCUT2D eigenvalue weighted by atomic mass is 10.1. The molecule has 1 aromatic heterocycles. The van der Waals surface area contributed by atoms with Crippen molar-refractivity contribution in [2.24, 2.45) is 0 Å². The first-order valence-corrected chi connectivity index (χ1v) is 7.85. The molecule has 0 radical (unpaired) electrons. The second-order valence-corrected chi connectivity index (χ2v) is 5.82. The topological polar surface area (TPSA) is 40.4 Å². The molecule has 2 aromatic rings. The first kappa shape index (κ1) is 16.5. The van der Waals surface area contributed by atoms with E-state index in [4.69, 9.17) is 16.6 Å². The highest BCUT2D eigenvalue weighted by Crippen LogP contribution is 2.22. The standard InChI is InChI=1S/C17H23N3OS/c1-20(2)12-7-11-18-17(22)19-16(15-10-6-13-21-15)14-8-4-3-5-9-14/h3-6,8-10,13,16H,7,11-12H2,1-2H3,(H2,18,19,22)/t16-/m1/s1. The molecule has 0 saturated carbocycles. The van der Waals surface area contributed by atoms with Gasteiger partial charge in [0.25, 0.3) is 0 Å². The fraction of sp³-hybridized carbons (Fsp3) is 0.353. The molecule has 2 N–H and O–H groups in total. The highest BCUT2D eigenvalue weighted by atomic mass is 32.1. The maximum absolute atomic E-state index is 5.55. The van der Waals surface area contributed by atoms with Crippen molar-refractivity contribution in [2.75, 3.05) is 27.2 Å². The van der Waals surface area contributed by atoms with E-state index in [0.29, 0.717) is 5.11 Å². The van der Waals surface area contributed by atoms with Crippen LogP contribution in [0.3, 0.4) is 0 Å². The predicted octanol–water partition coefficient (Wildman–Crippen LogP) is 2.78. The third kappa shape index (κ3) is 5.16. The third-order valence-electron chi connectivity index (χ3n) is 3.30. The Morgan fingerprint density at radius 2 is 1.95 bits per heavy atom. The Morgan fingerprint density at radius 1 is 1.18 bits per heavy atom. The van der Waals surface area contributed by atoms with Gasteiger partial charge in [0.1, 0.15) is 11.8 Å². The number of rotatable bonds is 7. The van der Waals surface area contributed by atoms with Crippen LogP contribution in [0.5, 0.6) is 0 Å². The van der Waals surface area contributed by atoms with Gasteiger partial charge in [0.05, 0.1) is 6.26 Å². The van der Waals surface area contributed by atoms with E-state index in [9.17, 15) is 0 Å². The van der Waals surface area contributed by atoms with Crippen LogP contribution >= 0.6 is 12.2 Å². The maximum Gasteiger partial charge on any atom is 0.167 e. The van der Waals surface area contributed by atoms with Crippen LogP contribution in [-0.4, -0.2) is 37.2 Å². The Balaban J connectivity index is 1.94. The lowest BCUT2D eigenvalue weighted by Crippen LogP contribution is -2.39. The summed E-state index contributed by atoms with van der Waals surface area (Å²) >= 11 is 5.41. The lowest BCUT2D eigenvalue weighted by molar-refractivity contribution is 0.399. The van der Waals surface area contributed by atoms with Crippen molar-refractivity contribution in [1.29, 1.82) is 0 Å². The van der Waals surface area contributed by atoms with Gasteiger partial charge in [-0.15, -0.1) is 0 Å². The number of benzene rings is 1. The van der Waals surface area contributed by atoms with Crippen molar-refractivity contribution in [1.82, 2.24) is 15.5 Å². The Kier molecular flexibility index (Phi) is 6.43. The smallest absolute Gasteiger partial charge is 0.167 e. The summed E-state index contributed by atoms with van der Waals surface area (Å²) in [6.45, 7) is 1.89. The minimum absolute atomic E-state index is 0.0787. The molecule has 0 bridgehead atoms. The molecule has 22 heavy (non-hydrogen) atoms. The van der Waals surface area contributed by atoms with Gasteiger partial charge in [-0.1, -0.05) is 30.3 Å². The third-order valence-corrected chi connectivity index (χ3v) is 3.57. The van der Waals surface area contributed by atoms with E-state index >= 15 is 0 Å². The van der Waals surface area contributed by atoms with Crippen LogP contribution in [0, 0.1) is 0 Å². The molecule has 4 nitrogen and oxygen atoms in total. The van der Waals surface area contributed by atoms with Crippen molar-refractivity contribution >= 4 is 17.3 Å². The molecule has 0 spiro atoms. The molecule has 0 aliphatic heterocycles. The molecule has 0 saturated heterocycles. The summed E-state index contributed by atoms with van der Waals surface area (Å²) in [4.78, 5) is 2.16. The van der Waals surface area contributed by atoms with E-state index in [1.807, 2.05) is 30.3 Å². The predicted molar refractivity (Wildman–Crippen MR) is 93.9 cm³/mol. The van der Waals surface area contributed by atoms with Gasteiger partial charge in [0, 0.05) is 6.54 Å². The lowest BCUT2D eigenvalue weighted by Gasteiger charge is -2.20. The van der Waals surface area contributed by atoms with Crippen LogP contribution in [0.15, 0.2) is 53.1 Å². The van der Waals surface area contributed by atoms with Crippen LogP contribution in [0.2, 0.25) is 0 Å². The Morgan fingerprint density at radius 3 is 2.59 bits per heavy atom. The molecule has 118 valence electrons. The van der Waals surface area contributed by atoms with Gasteiger partial charge in [-0.05, 0) is 57.0 Å². The summed E-state index contributed by atoms with van der Waals surface area (Å²) in [5.74, 6) is 0.851. The van der Waals surface area contributed by atoms with Crippen LogP contribution in [0.1, 0.15) is 23.8 Å². The van der Waals surface area contributed by atoms with Crippen molar-refractivity contribution in [3.8, 4) is 0 Å². The summed E-state index contributed by atoms with van der Waals surface area (Å²) in [6.07, 6.45) is 2.73.